The largest absolute Gasteiger partial charge is 0.497 e. The van der Waals surface area contributed by atoms with Gasteiger partial charge in [-0.05, 0) is 44.0 Å². The van der Waals surface area contributed by atoms with Crippen LogP contribution in [0.25, 0.3) is 0 Å². The minimum atomic E-state index is -0.235. The summed E-state index contributed by atoms with van der Waals surface area (Å²) in [5, 5.41) is 2.85. The summed E-state index contributed by atoms with van der Waals surface area (Å²) in [7, 11) is 1.61. The Kier molecular flexibility index (Phi) is 4.41. The number of carbonyl (C=O) groups excluding carboxylic acids is 1. The van der Waals surface area contributed by atoms with E-state index in [-0.39, 0.29) is 5.91 Å². The average Bonchev–Trinajstić information content (AvgIpc) is 3.09. The van der Waals surface area contributed by atoms with Crippen molar-refractivity contribution in [1.29, 1.82) is 0 Å². The molecule has 6 heteroatoms. The summed E-state index contributed by atoms with van der Waals surface area (Å²) >= 11 is 0. The van der Waals surface area contributed by atoms with E-state index in [4.69, 9.17) is 4.74 Å². The molecule has 3 rings (SSSR count). The number of nitrogens with one attached hydrogen (secondary N) is 1. The van der Waals surface area contributed by atoms with Crippen LogP contribution in [0.1, 0.15) is 29.2 Å². The molecule has 0 spiro atoms. The zero-order valence-corrected chi connectivity index (χ0v) is 13.4. The Morgan fingerprint density at radius 2 is 1.87 bits per heavy atom. The molecule has 6 nitrogen and oxygen atoms in total. The normalized spacial score (nSPS) is 13.9. The highest BCUT2D eigenvalue weighted by atomic mass is 16.5. The highest BCUT2D eigenvalue weighted by Gasteiger charge is 2.17. The molecule has 1 saturated heterocycles. The van der Waals surface area contributed by atoms with Gasteiger partial charge in [-0.2, -0.15) is 0 Å². The minimum Gasteiger partial charge on any atom is -0.497 e. The molecule has 0 unspecified atom stereocenters. The number of hydrogen-bond donors (Lipinski definition) is 1. The van der Waals surface area contributed by atoms with E-state index in [0.717, 1.165) is 37.5 Å². The Balaban J connectivity index is 1.78. The average molecular weight is 312 g/mol. The first-order valence-electron chi connectivity index (χ1n) is 7.72. The highest BCUT2D eigenvalue weighted by Crippen LogP contribution is 2.20. The van der Waals surface area contributed by atoms with Gasteiger partial charge < -0.3 is 15.0 Å². The van der Waals surface area contributed by atoms with Gasteiger partial charge in [0.15, 0.2) is 0 Å². The Morgan fingerprint density at radius 3 is 2.52 bits per heavy atom. The maximum Gasteiger partial charge on any atom is 0.274 e. The van der Waals surface area contributed by atoms with Crippen LogP contribution in [0.2, 0.25) is 0 Å². The predicted molar refractivity (Wildman–Crippen MR) is 89.2 cm³/mol. The molecule has 0 radical (unpaired) electrons. The van der Waals surface area contributed by atoms with Crippen molar-refractivity contribution >= 4 is 17.4 Å². The van der Waals surface area contributed by atoms with E-state index in [1.165, 1.54) is 0 Å². The number of carbonyl (C=O) groups is 1. The van der Waals surface area contributed by atoms with Crippen LogP contribution in [0, 0.1) is 6.92 Å². The quantitative estimate of drug-likeness (QED) is 0.940. The Hall–Kier alpha value is -2.63. The number of amides is 1. The molecule has 1 aromatic heterocycles. The van der Waals surface area contributed by atoms with E-state index in [1.54, 1.807) is 37.4 Å². The van der Waals surface area contributed by atoms with Crippen molar-refractivity contribution in [3.8, 4) is 5.75 Å². The van der Waals surface area contributed by atoms with E-state index in [2.05, 4.69) is 20.2 Å². The summed E-state index contributed by atoms with van der Waals surface area (Å²) in [5.41, 5.74) is 1.09. The first-order chi connectivity index (χ1) is 11.2. The second-order valence-electron chi connectivity index (χ2n) is 5.54. The van der Waals surface area contributed by atoms with Gasteiger partial charge >= 0.3 is 0 Å². The summed E-state index contributed by atoms with van der Waals surface area (Å²) in [4.78, 5) is 23.3. The SMILES string of the molecule is COc1ccc(NC(=O)c2cc(N3CCCC3)nc(C)n2)cc1. The molecule has 0 saturated carbocycles. The maximum absolute atomic E-state index is 12.4. The van der Waals surface area contributed by atoms with Crippen LogP contribution < -0.4 is 15.0 Å². The second kappa shape index (κ2) is 6.64. The standard InChI is InChI=1S/C17H20N4O2/c1-12-18-15(11-16(19-12)21-9-3-4-10-21)17(22)20-13-5-7-14(23-2)8-6-13/h5-8,11H,3-4,9-10H2,1-2H3,(H,20,22). The van der Waals surface area contributed by atoms with Gasteiger partial charge in [-0.25, -0.2) is 9.97 Å². The fraction of sp³-hybridized carbons (Fsp3) is 0.353. The van der Waals surface area contributed by atoms with Gasteiger partial charge in [0.05, 0.1) is 7.11 Å². The summed E-state index contributed by atoms with van der Waals surface area (Å²) < 4.78 is 5.11. The molecule has 1 aromatic carbocycles. The highest BCUT2D eigenvalue weighted by molar-refractivity contribution is 6.03. The van der Waals surface area contributed by atoms with Crippen molar-refractivity contribution in [2.45, 2.75) is 19.8 Å². The van der Waals surface area contributed by atoms with Crippen LogP contribution in [-0.4, -0.2) is 36.1 Å². The Morgan fingerprint density at radius 1 is 1.17 bits per heavy atom. The van der Waals surface area contributed by atoms with Crippen molar-refractivity contribution in [2.24, 2.45) is 0 Å². The maximum atomic E-state index is 12.4. The third kappa shape index (κ3) is 3.59. The van der Waals surface area contributed by atoms with E-state index in [0.29, 0.717) is 17.2 Å². The second-order valence-corrected chi connectivity index (χ2v) is 5.54. The number of rotatable bonds is 4. The zero-order valence-electron chi connectivity index (χ0n) is 13.4. The minimum absolute atomic E-state index is 0.235. The molecule has 1 aliphatic rings. The van der Waals surface area contributed by atoms with Gasteiger partial charge in [0.25, 0.3) is 5.91 Å². The van der Waals surface area contributed by atoms with Crippen LogP contribution >= 0.6 is 0 Å². The van der Waals surface area contributed by atoms with Crippen molar-refractivity contribution in [2.75, 3.05) is 30.4 Å². The van der Waals surface area contributed by atoms with E-state index in [1.807, 2.05) is 6.92 Å². The molecule has 1 fully saturated rings. The van der Waals surface area contributed by atoms with Crippen LogP contribution in [0.5, 0.6) is 5.75 Å². The fourth-order valence-corrected chi connectivity index (χ4v) is 2.65. The molecule has 1 N–H and O–H groups in total. The first kappa shape index (κ1) is 15.3. The van der Waals surface area contributed by atoms with Gasteiger partial charge in [-0.15, -0.1) is 0 Å². The van der Waals surface area contributed by atoms with Gasteiger partial charge in [0.2, 0.25) is 0 Å². The zero-order chi connectivity index (χ0) is 16.2. The lowest BCUT2D eigenvalue weighted by Gasteiger charge is -2.17. The lowest BCUT2D eigenvalue weighted by atomic mass is 10.2. The number of benzene rings is 1. The molecule has 0 bridgehead atoms. The van der Waals surface area contributed by atoms with E-state index >= 15 is 0 Å². The molecule has 0 atom stereocenters. The molecule has 2 aromatic rings. The first-order valence-corrected chi connectivity index (χ1v) is 7.72. The number of ether oxygens (including phenoxy) is 1. The molecular weight excluding hydrogens is 292 g/mol. The lowest BCUT2D eigenvalue weighted by molar-refractivity contribution is 0.102. The summed E-state index contributed by atoms with van der Waals surface area (Å²) in [6, 6.07) is 8.96. The van der Waals surface area contributed by atoms with Crippen LogP contribution in [0.15, 0.2) is 30.3 Å². The third-order valence-electron chi connectivity index (χ3n) is 3.84. The molecular formula is C17H20N4O2. The Labute approximate surface area is 135 Å². The number of nitrogens with zero attached hydrogens (tertiary/aromatic N) is 3. The van der Waals surface area contributed by atoms with Crippen LogP contribution in [0.3, 0.4) is 0 Å². The molecule has 1 aliphatic heterocycles. The number of methoxy groups -OCH3 is 1. The van der Waals surface area contributed by atoms with Crippen molar-refractivity contribution in [1.82, 2.24) is 9.97 Å². The number of aromatic nitrogens is 2. The molecule has 0 aliphatic carbocycles. The number of hydrogen-bond acceptors (Lipinski definition) is 5. The van der Waals surface area contributed by atoms with Crippen LogP contribution in [0.4, 0.5) is 11.5 Å². The van der Waals surface area contributed by atoms with E-state index in [9.17, 15) is 4.79 Å². The van der Waals surface area contributed by atoms with Gasteiger partial charge in [-0.3, -0.25) is 4.79 Å². The van der Waals surface area contributed by atoms with Gasteiger partial charge in [0, 0.05) is 24.8 Å². The predicted octanol–water partition coefficient (Wildman–Crippen LogP) is 2.65. The Bertz CT molecular complexity index is 694. The summed E-state index contributed by atoms with van der Waals surface area (Å²) in [5.74, 6) is 1.95. The molecule has 2 heterocycles. The molecule has 120 valence electrons. The monoisotopic (exact) mass is 312 g/mol. The van der Waals surface area contributed by atoms with E-state index < -0.39 is 0 Å². The van der Waals surface area contributed by atoms with Crippen molar-refractivity contribution < 1.29 is 9.53 Å². The fourth-order valence-electron chi connectivity index (χ4n) is 2.65. The summed E-state index contributed by atoms with van der Waals surface area (Å²) in [6.07, 6.45) is 2.33. The molecule has 1 amide bonds. The van der Waals surface area contributed by atoms with Crippen LogP contribution in [-0.2, 0) is 0 Å². The van der Waals surface area contributed by atoms with Gasteiger partial charge in [-0.1, -0.05) is 0 Å². The number of anilines is 2. The third-order valence-corrected chi connectivity index (χ3v) is 3.84. The lowest BCUT2D eigenvalue weighted by Crippen LogP contribution is -2.22. The smallest absolute Gasteiger partial charge is 0.274 e. The van der Waals surface area contributed by atoms with Crippen molar-refractivity contribution in [3.05, 3.63) is 41.9 Å². The summed E-state index contributed by atoms with van der Waals surface area (Å²) in [6.45, 7) is 3.77. The molecule has 23 heavy (non-hydrogen) atoms. The number of aryl methyl sites for hydroxylation is 1. The topological polar surface area (TPSA) is 67.3 Å². The van der Waals surface area contributed by atoms with Gasteiger partial charge in [0.1, 0.15) is 23.1 Å². The van der Waals surface area contributed by atoms with Crippen molar-refractivity contribution in [3.63, 3.8) is 0 Å².